The van der Waals surface area contributed by atoms with Gasteiger partial charge in [-0.05, 0) is 59.6 Å². The van der Waals surface area contributed by atoms with Crippen LogP contribution < -0.4 is 4.74 Å². The number of halogens is 1. The molecule has 23 heavy (non-hydrogen) atoms. The minimum Gasteiger partial charge on any atom is -0.497 e. The number of rotatable bonds is 4. The molecule has 0 aliphatic heterocycles. The van der Waals surface area contributed by atoms with Gasteiger partial charge >= 0.3 is 0 Å². The Labute approximate surface area is 141 Å². The minimum atomic E-state index is 0.529. The van der Waals surface area contributed by atoms with Gasteiger partial charge in [-0.15, -0.1) is 10.2 Å². The standard InChI is InChI=1S/C15H15BrN6O/c1-10-14(16)11(2)22(20-10)15-19-17-9-21(15)18-8-12-4-6-13(23-3)7-5-12/h4-9H,1-3H3/b18-8-. The summed E-state index contributed by atoms with van der Waals surface area (Å²) in [5.74, 6) is 1.33. The van der Waals surface area contributed by atoms with Gasteiger partial charge in [0.15, 0.2) is 0 Å². The normalized spacial score (nSPS) is 11.3. The Hall–Kier alpha value is -2.48. The fourth-order valence-corrected chi connectivity index (χ4v) is 2.33. The van der Waals surface area contributed by atoms with Crippen LogP contribution in [0.15, 0.2) is 40.2 Å². The van der Waals surface area contributed by atoms with Crippen LogP contribution in [0.3, 0.4) is 0 Å². The molecule has 2 aromatic heterocycles. The minimum absolute atomic E-state index is 0.529. The zero-order valence-corrected chi connectivity index (χ0v) is 14.5. The van der Waals surface area contributed by atoms with Crippen LogP contribution in [0.2, 0.25) is 0 Å². The van der Waals surface area contributed by atoms with E-state index >= 15 is 0 Å². The first kappa shape index (κ1) is 15.4. The highest BCUT2D eigenvalue weighted by Crippen LogP contribution is 2.22. The third-order valence-corrected chi connectivity index (χ3v) is 4.50. The van der Waals surface area contributed by atoms with Gasteiger partial charge in [0.05, 0.1) is 29.2 Å². The molecule has 3 aromatic rings. The maximum absolute atomic E-state index is 5.14. The molecule has 7 nitrogen and oxygen atoms in total. The van der Waals surface area contributed by atoms with Gasteiger partial charge in [0.1, 0.15) is 12.1 Å². The van der Waals surface area contributed by atoms with E-state index in [9.17, 15) is 0 Å². The van der Waals surface area contributed by atoms with Crippen molar-refractivity contribution in [3.8, 4) is 11.7 Å². The lowest BCUT2D eigenvalue weighted by Crippen LogP contribution is -2.06. The molecule has 0 aliphatic rings. The van der Waals surface area contributed by atoms with Crippen molar-refractivity contribution in [2.75, 3.05) is 7.11 Å². The lowest BCUT2D eigenvalue weighted by atomic mass is 10.2. The number of hydrogen-bond donors (Lipinski definition) is 0. The highest BCUT2D eigenvalue weighted by atomic mass is 79.9. The molecule has 0 atom stereocenters. The molecule has 0 N–H and O–H groups in total. The first-order chi connectivity index (χ1) is 11.1. The van der Waals surface area contributed by atoms with Gasteiger partial charge in [0.2, 0.25) is 0 Å². The van der Waals surface area contributed by atoms with Crippen molar-refractivity contribution >= 4 is 22.1 Å². The molecule has 8 heteroatoms. The van der Waals surface area contributed by atoms with Crippen LogP contribution in [0.25, 0.3) is 5.95 Å². The summed E-state index contributed by atoms with van der Waals surface area (Å²) in [6.07, 6.45) is 3.27. The third-order valence-electron chi connectivity index (χ3n) is 3.35. The fourth-order valence-electron chi connectivity index (χ4n) is 2.08. The Morgan fingerprint density at radius 2 is 1.96 bits per heavy atom. The molecule has 0 saturated heterocycles. The molecule has 0 radical (unpaired) electrons. The Morgan fingerprint density at radius 1 is 1.22 bits per heavy atom. The monoisotopic (exact) mass is 374 g/mol. The number of methoxy groups -OCH3 is 1. The van der Waals surface area contributed by atoms with E-state index in [4.69, 9.17) is 4.74 Å². The van der Waals surface area contributed by atoms with Gasteiger partial charge in [-0.25, -0.2) is 4.68 Å². The van der Waals surface area contributed by atoms with Gasteiger partial charge in [0.25, 0.3) is 5.95 Å². The first-order valence-electron chi connectivity index (χ1n) is 6.90. The molecule has 0 fully saturated rings. The molecule has 0 unspecified atom stereocenters. The summed E-state index contributed by atoms with van der Waals surface area (Å²) in [5, 5.41) is 16.9. The summed E-state index contributed by atoms with van der Waals surface area (Å²) in [7, 11) is 1.64. The Bertz CT molecular complexity index is 849. The largest absolute Gasteiger partial charge is 0.497 e. The van der Waals surface area contributed by atoms with E-state index in [0.717, 1.165) is 27.2 Å². The van der Waals surface area contributed by atoms with E-state index in [1.807, 2.05) is 38.1 Å². The summed E-state index contributed by atoms with van der Waals surface area (Å²) in [4.78, 5) is 0. The summed E-state index contributed by atoms with van der Waals surface area (Å²) in [5.41, 5.74) is 2.77. The van der Waals surface area contributed by atoms with Gasteiger partial charge in [-0.1, -0.05) is 0 Å². The Morgan fingerprint density at radius 3 is 2.57 bits per heavy atom. The maximum Gasteiger partial charge on any atom is 0.273 e. The van der Waals surface area contributed by atoms with Crippen LogP contribution >= 0.6 is 15.9 Å². The molecule has 3 rings (SSSR count). The predicted octanol–water partition coefficient (Wildman–Crippen LogP) is 2.73. The zero-order chi connectivity index (χ0) is 16.4. The lowest BCUT2D eigenvalue weighted by molar-refractivity contribution is 0.415. The number of hydrogen-bond acceptors (Lipinski definition) is 5. The first-order valence-corrected chi connectivity index (χ1v) is 7.70. The van der Waals surface area contributed by atoms with Crippen molar-refractivity contribution < 1.29 is 4.74 Å². The number of aromatic nitrogens is 5. The maximum atomic E-state index is 5.14. The smallest absolute Gasteiger partial charge is 0.273 e. The third kappa shape index (κ3) is 3.02. The fraction of sp³-hybridized carbons (Fsp3) is 0.200. The molecule has 0 aliphatic carbocycles. The van der Waals surface area contributed by atoms with Crippen molar-refractivity contribution in [3.63, 3.8) is 0 Å². The van der Waals surface area contributed by atoms with Gasteiger partial charge < -0.3 is 4.74 Å². The number of aryl methyl sites for hydroxylation is 1. The van der Waals surface area contributed by atoms with Gasteiger partial charge in [-0.2, -0.15) is 14.9 Å². The van der Waals surface area contributed by atoms with Crippen molar-refractivity contribution in [1.82, 2.24) is 24.7 Å². The molecule has 0 bridgehead atoms. The van der Waals surface area contributed by atoms with E-state index in [-0.39, 0.29) is 0 Å². The number of benzene rings is 1. The quantitative estimate of drug-likeness (QED) is 0.658. The predicted molar refractivity (Wildman–Crippen MR) is 90.3 cm³/mol. The molecular formula is C15H15BrN6O. The molecule has 0 amide bonds. The van der Waals surface area contributed by atoms with E-state index in [0.29, 0.717) is 5.95 Å². The SMILES string of the molecule is COc1ccc(/C=N\n2cnnc2-n2nc(C)c(Br)c2C)cc1. The second kappa shape index (κ2) is 6.33. The topological polar surface area (TPSA) is 70.1 Å². The van der Waals surface area contributed by atoms with Crippen LogP contribution in [-0.4, -0.2) is 38.0 Å². The molecule has 0 saturated carbocycles. The molecule has 2 heterocycles. The van der Waals surface area contributed by atoms with Crippen molar-refractivity contribution in [1.29, 1.82) is 0 Å². The van der Waals surface area contributed by atoms with E-state index in [1.165, 1.54) is 0 Å². The van der Waals surface area contributed by atoms with E-state index in [1.54, 1.807) is 29.0 Å². The number of nitrogens with zero attached hydrogens (tertiary/aromatic N) is 6. The van der Waals surface area contributed by atoms with E-state index in [2.05, 4.69) is 36.3 Å². The second-order valence-corrected chi connectivity index (χ2v) is 5.68. The number of ether oxygens (including phenoxy) is 1. The van der Waals surface area contributed by atoms with Gasteiger partial charge in [0, 0.05) is 0 Å². The van der Waals surface area contributed by atoms with Crippen LogP contribution in [0.4, 0.5) is 0 Å². The summed E-state index contributed by atoms with van der Waals surface area (Å²) in [6.45, 7) is 3.88. The molecular weight excluding hydrogens is 360 g/mol. The van der Waals surface area contributed by atoms with Crippen molar-refractivity contribution in [2.45, 2.75) is 13.8 Å². The summed E-state index contributed by atoms with van der Waals surface area (Å²) >= 11 is 3.51. The summed E-state index contributed by atoms with van der Waals surface area (Å²) < 4.78 is 9.37. The van der Waals surface area contributed by atoms with Crippen molar-refractivity contribution in [2.24, 2.45) is 5.10 Å². The molecule has 1 aromatic carbocycles. The van der Waals surface area contributed by atoms with Gasteiger partial charge in [-0.3, -0.25) is 0 Å². The Kier molecular flexibility index (Phi) is 4.24. The average molecular weight is 375 g/mol. The Balaban J connectivity index is 1.91. The highest BCUT2D eigenvalue weighted by Gasteiger charge is 2.14. The molecule has 0 spiro atoms. The van der Waals surface area contributed by atoms with Crippen LogP contribution in [-0.2, 0) is 0 Å². The summed E-state index contributed by atoms with van der Waals surface area (Å²) in [6, 6.07) is 7.61. The second-order valence-electron chi connectivity index (χ2n) is 4.89. The van der Waals surface area contributed by atoms with Crippen LogP contribution in [0.5, 0.6) is 5.75 Å². The van der Waals surface area contributed by atoms with Crippen LogP contribution in [0.1, 0.15) is 17.0 Å². The molecule has 118 valence electrons. The zero-order valence-electron chi connectivity index (χ0n) is 12.9. The van der Waals surface area contributed by atoms with Crippen molar-refractivity contribution in [3.05, 3.63) is 52.0 Å². The average Bonchev–Trinajstić information content (AvgIpc) is 3.13. The lowest BCUT2D eigenvalue weighted by Gasteiger charge is -2.03. The highest BCUT2D eigenvalue weighted by molar-refractivity contribution is 9.10. The van der Waals surface area contributed by atoms with E-state index < -0.39 is 0 Å². The van der Waals surface area contributed by atoms with Crippen LogP contribution in [0, 0.1) is 13.8 Å².